The van der Waals surface area contributed by atoms with E-state index >= 15 is 0 Å². The smallest absolute Gasteiger partial charge is 0.258 e. The summed E-state index contributed by atoms with van der Waals surface area (Å²) >= 11 is 6.56. The maximum Gasteiger partial charge on any atom is 0.258 e. The van der Waals surface area contributed by atoms with Crippen LogP contribution in [0.15, 0.2) is 61.6 Å². The topological polar surface area (TPSA) is 85.9 Å². The molecule has 8 heteroatoms. The van der Waals surface area contributed by atoms with E-state index in [0.29, 0.717) is 52.2 Å². The molecular formula is C21H17Br2N3O3. The molecule has 2 atom stereocenters. The second kappa shape index (κ2) is 8.17. The highest BCUT2D eigenvalue weighted by molar-refractivity contribution is 9.11. The quantitative estimate of drug-likeness (QED) is 0.631. The fraction of sp³-hybridized carbons (Fsp3) is 0.286. The van der Waals surface area contributed by atoms with Crippen molar-refractivity contribution in [3.63, 3.8) is 0 Å². The Morgan fingerprint density at radius 2 is 2.10 bits per heavy atom. The summed E-state index contributed by atoms with van der Waals surface area (Å²) in [5.41, 5.74) is 2.20. The number of fused-ring (bicyclic) bond motifs is 1. The molecule has 1 aromatic rings. The first-order chi connectivity index (χ1) is 14.0. The molecule has 0 spiro atoms. The second-order valence-corrected chi connectivity index (χ2v) is 8.64. The number of carbonyl (C=O) groups is 1. The van der Waals surface area contributed by atoms with E-state index in [1.165, 1.54) is 0 Å². The highest BCUT2D eigenvalue weighted by Gasteiger charge is 2.32. The van der Waals surface area contributed by atoms with E-state index in [1.54, 1.807) is 17.0 Å². The van der Waals surface area contributed by atoms with Crippen molar-refractivity contribution in [3.05, 3.63) is 62.2 Å². The number of morpholine rings is 1. The van der Waals surface area contributed by atoms with Crippen LogP contribution in [0, 0.1) is 23.2 Å². The van der Waals surface area contributed by atoms with Gasteiger partial charge in [0.15, 0.2) is 0 Å². The molecule has 2 heterocycles. The molecule has 0 bridgehead atoms. The molecule has 2 unspecified atom stereocenters. The van der Waals surface area contributed by atoms with Crippen molar-refractivity contribution in [1.29, 1.82) is 5.26 Å². The van der Waals surface area contributed by atoms with Gasteiger partial charge in [0.05, 0.1) is 34.0 Å². The number of hydrogen-bond acceptors (Lipinski definition) is 5. The van der Waals surface area contributed by atoms with E-state index in [4.69, 9.17) is 10.00 Å². The fourth-order valence-corrected chi connectivity index (χ4v) is 4.71. The number of carbonyl (C=O) groups excluding carboxylic acids is 1. The molecule has 0 radical (unpaired) electrons. The number of benzene rings is 1. The minimum atomic E-state index is -0.188. The molecule has 0 aromatic heterocycles. The van der Waals surface area contributed by atoms with Gasteiger partial charge >= 0.3 is 0 Å². The van der Waals surface area contributed by atoms with Crippen LogP contribution >= 0.6 is 31.9 Å². The predicted molar refractivity (Wildman–Crippen MR) is 115 cm³/mol. The van der Waals surface area contributed by atoms with Gasteiger partial charge in [0.2, 0.25) is 5.90 Å². The van der Waals surface area contributed by atoms with Gasteiger partial charge in [-0.1, -0.05) is 18.2 Å². The Labute approximate surface area is 185 Å². The van der Waals surface area contributed by atoms with Gasteiger partial charge in [-0.05, 0) is 62.1 Å². The standard InChI is InChI=1S/C21H17Br2N3O3/c22-16-7-14(8-17(23)19(16)27)21(28)26-5-6-29-20-18(26)9-15(11-25-20)13-3-1-12(10-24)2-4-13/h1,3-4,7-9,12,15,27H,2,5-6,11H2. The maximum absolute atomic E-state index is 13.2. The Kier molecular flexibility index (Phi) is 5.61. The molecule has 3 aliphatic rings. The number of ether oxygens (including phenoxy) is 1. The molecule has 6 nitrogen and oxygen atoms in total. The Morgan fingerprint density at radius 3 is 2.76 bits per heavy atom. The van der Waals surface area contributed by atoms with Crippen LogP contribution in [0.2, 0.25) is 0 Å². The van der Waals surface area contributed by atoms with E-state index in [2.05, 4.69) is 49.0 Å². The van der Waals surface area contributed by atoms with Crippen LogP contribution in [0.25, 0.3) is 0 Å². The zero-order chi connectivity index (χ0) is 20.5. The zero-order valence-electron chi connectivity index (χ0n) is 15.3. The normalized spacial score (nSPS) is 23.2. The number of allylic oxidation sites excluding steroid dienone is 3. The summed E-state index contributed by atoms with van der Waals surface area (Å²) in [7, 11) is 0. The van der Waals surface area contributed by atoms with Gasteiger partial charge in [0.25, 0.3) is 5.91 Å². The molecule has 0 saturated carbocycles. The molecule has 29 heavy (non-hydrogen) atoms. The number of phenolic OH excluding ortho intramolecular Hbond substituents is 1. The summed E-state index contributed by atoms with van der Waals surface area (Å²) in [5, 5.41) is 19.0. The van der Waals surface area contributed by atoms with Crippen LogP contribution in [-0.4, -0.2) is 41.5 Å². The third-order valence-corrected chi connectivity index (χ3v) is 6.29. The van der Waals surface area contributed by atoms with Gasteiger partial charge in [0.1, 0.15) is 18.1 Å². The largest absolute Gasteiger partial charge is 0.506 e. The number of rotatable bonds is 2. The highest BCUT2D eigenvalue weighted by atomic mass is 79.9. The van der Waals surface area contributed by atoms with E-state index in [-0.39, 0.29) is 23.5 Å². The van der Waals surface area contributed by atoms with Crippen molar-refractivity contribution in [3.8, 4) is 11.8 Å². The average Bonchev–Trinajstić information content (AvgIpc) is 2.76. The fourth-order valence-electron chi connectivity index (χ4n) is 3.52. The number of nitriles is 1. The van der Waals surface area contributed by atoms with Crippen LogP contribution in [-0.2, 0) is 4.74 Å². The molecule has 1 N–H and O–H groups in total. The molecular weight excluding hydrogens is 502 g/mol. The Hall–Kier alpha value is -2.37. The van der Waals surface area contributed by atoms with E-state index in [9.17, 15) is 9.90 Å². The van der Waals surface area contributed by atoms with Gasteiger partial charge in [0, 0.05) is 11.5 Å². The van der Waals surface area contributed by atoms with E-state index in [0.717, 1.165) is 5.57 Å². The first-order valence-electron chi connectivity index (χ1n) is 9.15. The van der Waals surface area contributed by atoms with Crippen LogP contribution in [0.1, 0.15) is 16.8 Å². The minimum Gasteiger partial charge on any atom is -0.506 e. The van der Waals surface area contributed by atoms with E-state index in [1.807, 2.05) is 18.2 Å². The van der Waals surface area contributed by atoms with Gasteiger partial charge in [-0.25, -0.2) is 4.99 Å². The van der Waals surface area contributed by atoms with E-state index < -0.39 is 0 Å². The number of dihydropyridines is 1. The van der Waals surface area contributed by atoms with Gasteiger partial charge in [-0.15, -0.1) is 0 Å². The SMILES string of the molecule is N#CC1C=CC(C2C=C3C(=NC2)OCCN3C(=O)c2cc(Br)c(O)c(Br)c2)=CC1. The van der Waals surface area contributed by atoms with Crippen molar-refractivity contribution < 1.29 is 14.6 Å². The molecule has 1 saturated heterocycles. The van der Waals surface area contributed by atoms with Crippen LogP contribution in [0.5, 0.6) is 5.75 Å². The Balaban J connectivity index is 1.63. The van der Waals surface area contributed by atoms with Crippen LogP contribution in [0.4, 0.5) is 0 Å². The van der Waals surface area contributed by atoms with Crippen LogP contribution < -0.4 is 0 Å². The summed E-state index contributed by atoms with van der Waals surface area (Å²) < 4.78 is 6.57. The maximum atomic E-state index is 13.2. The van der Waals surface area contributed by atoms with Crippen molar-refractivity contribution in [1.82, 2.24) is 4.90 Å². The molecule has 1 aromatic carbocycles. The summed E-state index contributed by atoms with van der Waals surface area (Å²) in [4.78, 5) is 19.5. The predicted octanol–water partition coefficient (Wildman–Crippen LogP) is 4.33. The third kappa shape index (κ3) is 3.89. The number of nitrogens with zero attached hydrogens (tertiary/aromatic N) is 3. The highest BCUT2D eigenvalue weighted by Crippen LogP contribution is 2.35. The summed E-state index contributed by atoms with van der Waals surface area (Å²) in [5.74, 6) is 0.283. The lowest BCUT2D eigenvalue weighted by molar-refractivity contribution is 0.0752. The number of phenols is 1. The van der Waals surface area contributed by atoms with Crippen molar-refractivity contribution in [2.75, 3.05) is 19.7 Å². The van der Waals surface area contributed by atoms with Crippen molar-refractivity contribution in [2.45, 2.75) is 6.42 Å². The second-order valence-electron chi connectivity index (χ2n) is 6.93. The number of hydrogen-bond donors (Lipinski definition) is 1. The molecule has 148 valence electrons. The first kappa shape index (κ1) is 19.9. The first-order valence-corrected chi connectivity index (χ1v) is 10.7. The van der Waals surface area contributed by atoms with Gasteiger partial charge < -0.3 is 14.7 Å². The lowest BCUT2D eigenvalue weighted by atomic mass is 9.88. The Bertz CT molecular complexity index is 1010. The van der Waals surface area contributed by atoms with Gasteiger partial charge in [-0.2, -0.15) is 5.26 Å². The third-order valence-electron chi connectivity index (χ3n) is 5.09. The molecule has 2 aliphatic heterocycles. The zero-order valence-corrected chi connectivity index (χ0v) is 18.5. The average molecular weight is 519 g/mol. The summed E-state index contributed by atoms with van der Waals surface area (Å²) in [6.45, 7) is 1.34. The number of halogens is 2. The van der Waals surface area contributed by atoms with Gasteiger partial charge in [-0.3, -0.25) is 4.79 Å². The molecule has 1 amide bonds. The minimum absolute atomic E-state index is 0.0277. The summed E-state index contributed by atoms with van der Waals surface area (Å²) in [6.07, 6.45) is 8.67. The lowest BCUT2D eigenvalue weighted by Crippen LogP contribution is -2.43. The molecule has 4 rings (SSSR count). The van der Waals surface area contributed by atoms with Crippen molar-refractivity contribution >= 4 is 43.7 Å². The summed E-state index contributed by atoms with van der Waals surface area (Å²) in [6, 6.07) is 5.46. The number of aromatic hydroxyl groups is 1. The number of aliphatic imine (C=N–C) groups is 1. The number of amides is 1. The molecule has 1 aliphatic carbocycles. The monoisotopic (exact) mass is 517 g/mol. The molecule has 1 fully saturated rings. The lowest BCUT2D eigenvalue weighted by Gasteiger charge is -2.34. The Morgan fingerprint density at radius 1 is 1.34 bits per heavy atom. The van der Waals surface area contributed by atoms with Crippen LogP contribution in [0.3, 0.4) is 0 Å². The van der Waals surface area contributed by atoms with Crippen molar-refractivity contribution in [2.24, 2.45) is 16.8 Å².